The van der Waals surface area contributed by atoms with Gasteiger partial charge < -0.3 is 4.84 Å². The molecule has 2 aliphatic heterocycles. The van der Waals surface area contributed by atoms with Crippen LogP contribution in [0.15, 0.2) is 54.6 Å². The van der Waals surface area contributed by atoms with E-state index in [4.69, 9.17) is 4.84 Å². The van der Waals surface area contributed by atoms with E-state index in [0.717, 1.165) is 11.3 Å². The van der Waals surface area contributed by atoms with Gasteiger partial charge in [0.05, 0.1) is 17.0 Å². The molecule has 2 heterocycles. The summed E-state index contributed by atoms with van der Waals surface area (Å²) in [4.78, 5) is 42.5. The van der Waals surface area contributed by atoms with Gasteiger partial charge in [-0.05, 0) is 17.7 Å². The van der Waals surface area contributed by atoms with E-state index in [0.29, 0.717) is 10.8 Å². The fourth-order valence-electron chi connectivity index (χ4n) is 3.22. The van der Waals surface area contributed by atoms with Crippen LogP contribution in [0.3, 0.4) is 0 Å². The van der Waals surface area contributed by atoms with Crippen molar-refractivity contribution in [1.82, 2.24) is 5.06 Å². The molecule has 5 nitrogen and oxygen atoms in total. The van der Waals surface area contributed by atoms with Crippen molar-refractivity contribution in [3.05, 3.63) is 71.3 Å². The molecule has 2 aromatic rings. The lowest BCUT2D eigenvalue weighted by Gasteiger charge is -2.20. The molecule has 25 heavy (non-hydrogen) atoms. The van der Waals surface area contributed by atoms with Gasteiger partial charge in [-0.15, -0.1) is 0 Å². The second-order valence-electron chi connectivity index (χ2n) is 6.02. The highest BCUT2D eigenvalue weighted by atomic mass is 32.2. The molecule has 2 aliphatic rings. The summed E-state index contributed by atoms with van der Waals surface area (Å²) in [6, 6.07) is 16.2. The van der Waals surface area contributed by atoms with E-state index in [-0.39, 0.29) is 23.0 Å². The molecule has 1 saturated heterocycles. The molecule has 0 saturated carbocycles. The molecule has 0 N–H and O–H groups in total. The maximum Gasteiger partial charge on any atom is 0.337 e. The van der Waals surface area contributed by atoms with E-state index in [1.165, 1.54) is 0 Å². The molecular formula is C19H15NO4S. The van der Waals surface area contributed by atoms with Gasteiger partial charge in [0, 0.05) is 17.4 Å². The average Bonchev–Trinajstić information content (AvgIpc) is 3.23. The quantitative estimate of drug-likeness (QED) is 0.794. The number of hydroxylamine groups is 2. The molecule has 2 aromatic carbocycles. The molecule has 2 amide bonds. The van der Waals surface area contributed by atoms with Gasteiger partial charge in [-0.1, -0.05) is 47.5 Å². The lowest BCUT2D eigenvalue weighted by atomic mass is 9.89. The van der Waals surface area contributed by atoms with Crippen LogP contribution in [-0.4, -0.2) is 34.4 Å². The summed E-state index contributed by atoms with van der Waals surface area (Å²) in [5.41, 5.74) is 1.60. The number of amides is 2. The fourth-order valence-corrected chi connectivity index (χ4v) is 4.66. The van der Waals surface area contributed by atoms with Crippen molar-refractivity contribution in [1.29, 1.82) is 0 Å². The van der Waals surface area contributed by atoms with Gasteiger partial charge in [0.15, 0.2) is 0 Å². The minimum atomic E-state index is -0.587. The first-order valence-corrected chi connectivity index (χ1v) is 9.14. The number of hydrogen-bond donors (Lipinski definition) is 0. The van der Waals surface area contributed by atoms with Crippen LogP contribution in [0, 0.1) is 5.92 Å². The van der Waals surface area contributed by atoms with Crippen LogP contribution in [-0.2, 0) is 9.63 Å². The van der Waals surface area contributed by atoms with Crippen LogP contribution in [0.2, 0.25) is 0 Å². The van der Waals surface area contributed by atoms with Crippen molar-refractivity contribution in [3.63, 3.8) is 0 Å². The Morgan fingerprint density at radius 3 is 2.16 bits per heavy atom. The third-order valence-electron chi connectivity index (χ3n) is 4.55. The largest absolute Gasteiger partial charge is 0.337 e. The first-order valence-electron chi connectivity index (χ1n) is 7.99. The van der Waals surface area contributed by atoms with Gasteiger partial charge in [-0.25, -0.2) is 4.79 Å². The smallest absolute Gasteiger partial charge is 0.329 e. The van der Waals surface area contributed by atoms with Gasteiger partial charge in [0.25, 0.3) is 11.8 Å². The predicted molar refractivity (Wildman–Crippen MR) is 93.0 cm³/mol. The monoisotopic (exact) mass is 353 g/mol. The van der Waals surface area contributed by atoms with Gasteiger partial charge in [0.2, 0.25) is 0 Å². The summed E-state index contributed by atoms with van der Waals surface area (Å²) in [6.45, 7) is 0. The molecule has 0 aliphatic carbocycles. The second kappa shape index (κ2) is 6.37. The molecule has 6 heteroatoms. The number of imide groups is 1. The zero-order valence-corrected chi connectivity index (χ0v) is 14.1. The van der Waals surface area contributed by atoms with E-state index in [1.807, 2.05) is 30.3 Å². The Bertz CT molecular complexity index is 817. The van der Waals surface area contributed by atoms with Crippen molar-refractivity contribution in [3.8, 4) is 0 Å². The molecule has 1 fully saturated rings. The Morgan fingerprint density at radius 1 is 0.920 bits per heavy atom. The number of hydrogen-bond acceptors (Lipinski definition) is 5. The third kappa shape index (κ3) is 2.72. The molecule has 4 rings (SSSR count). The van der Waals surface area contributed by atoms with Crippen molar-refractivity contribution in [2.75, 3.05) is 11.5 Å². The zero-order chi connectivity index (χ0) is 17.4. The van der Waals surface area contributed by atoms with Crippen molar-refractivity contribution >= 4 is 29.5 Å². The van der Waals surface area contributed by atoms with Crippen molar-refractivity contribution in [2.24, 2.45) is 5.92 Å². The SMILES string of the molecule is O=C(ON1C(=O)c2ccccc2C1=O)[C@@H]1CSC[C@H]1c1ccccc1. The highest BCUT2D eigenvalue weighted by Gasteiger charge is 2.42. The summed E-state index contributed by atoms with van der Waals surface area (Å²) < 4.78 is 0. The van der Waals surface area contributed by atoms with Crippen molar-refractivity contribution in [2.45, 2.75) is 5.92 Å². The topological polar surface area (TPSA) is 63.7 Å². The van der Waals surface area contributed by atoms with Crippen LogP contribution in [0.4, 0.5) is 0 Å². The fraction of sp³-hybridized carbons (Fsp3) is 0.211. The summed E-state index contributed by atoms with van der Waals surface area (Å²) in [5.74, 6) is -0.640. The van der Waals surface area contributed by atoms with E-state index in [2.05, 4.69) is 0 Å². The van der Waals surface area contributed by atoms with E-state index in [1.54, 1.807) is 36.0 Å². The second-order valence-corrected chi connectivity index (χ2v) is 7.10. The van der Waals surface area contributed by atoms with Crippen LogP contribution in [0.25, 0.3) is 0 Å². The van der Waals surface area contributed by atoms with Crippen molar-refractivity contribution < 1.29 is 19.2 Å². The molecule has 126 valence electrons. The Hall–Kier alpha value is -2.60. The predicted octanol–water partition coefficient (Wildman–Crippen LogP) is 2.89. The Labute approximate surface area is 148 Å². The van der Waals surface area contributed by atoms with Crippen LogP contribution < -0.4 is 0 Å². The summed E-state index contributed by atoms with van der Waals surface area (Å²) in [7, 11) is 0. The third-order valence-corrected chi connectivity index (χ3v) is 5.74. The lowest BCUT2D eigenvalue weighted by Crippen LogP contribution is -2.36. The summed E-state index contributed by atoms with van der Waals surface area (Å²) in [6.07, 6.45) is 0. The Kier molecular flexibility index (Phi) is 4.05. The highest BCUT2D eigenvalue weighted by Crippen LogP contribution is 2.38. The van der Waals surface area contributed by atoms with Gasteiger partial charge in [0.1, 0.15) is 0 Å². The minimum Gasteiger partial charge on any atom is -0.329 e. The number of fused-ring (bicyclic) bond motifs is 1. The first-order chi connectivity index (χ1) is 12.2. The first kappa shape index (κ1) is 15.9. The molecule has 2 atom stereocenters. The number of carbonyl (C=O) groups excluding carboxylic acids is 3. The summed E-state index contributed by atoms with van der Waals surface area (Å²) >= 11 is 1.67. The van der Waals surface area contributed by atoms with E-state index in [9.17, 15) is 14.4 Å². The minimum absolute atomic E-state index is 0.0221. The standard InChI is InChI=1S/C19H15NO4S/c21-17-13-8-4-5-9-14(13)18(22)20(17)24-19(23)16-11-25-10-15(16)12-6-2-1-3-7-12/h1-9,15-16H,10-11H2/t15-,16+/m0/s1. The Morgan fingerprint density at radius 2 is 1.52 bits per heavy atom. The molecule has 0 bridgehead atoms. The Balaban J connectivity index is 1.53. The molecule has 0 radical (unpaired) electrons. The van der Waals surface area contributed by atoms with Gasteiger partial charge in [-0.3, -0.25) is 9.59 Å². The van der Waals surface area contributed by atoms with Gasteiger partial charge >= 0.3 is 5.97 Å². The van der Waals surface area contributed by atoms with Crippen LogP contribution >= 0.6 is 11.8 Å². The summed E-state index contributed by atoms with van der Waals surface area (Å²) in [5, 5.41) is 0.595. The maximum atomic E-state index is 12.6. The normalized spacial score (nSPS) is 22.2. The van der Waals surface area contributed by atoms with Gasteiger partial charge in [-0.2, -0.15) is 11.8 Å². The van der Waals surface area contributed by atoms with E-state index < -0.39 is 17.8 Å². The van der Waals surface area contributed by atoms with Crippen LogP contribution in [0.1, 0.15) is 32.2 Å². The maximum absolute atomic E-state index is 12.6. The zero-order valence-electron chi connectivity index (χ0n) is 13.3. The number of carbonyl (C=O) groups is 3. The molecule has 0 unspecified atom stereocenters. The van der Waals surface area contributed by atoms with Crippen LogP contribution in [0.5, 0.6) is 0 Å². The number of rotatable bonds is 3. The molecule has 0 spiro atoms. The number of thioether (sulfide) groups is 1. The molecular weight excluding hydrogens is 338 g/mol. The number of nitrogens with zero attached hydrogens (tertiary/aromatic N) is 1. The van der Waals surface area contributed by atoms with E-state index >= 15 is 0 Å². The highest BCUT2D eigenvalue weighted by molar-refractivity contribution is 7.99. The molecule has 0 aromatic heterocycles. The average molecular weight is 353 g/mol. The lowest BCUT2D eigenvalue weighted by molar-refractivity contribution is -0.173. The number of benzene rings is 2.